The van der Waals surface area contributed by atoms with Crippen molar-refractivity contribution < 1.29 is 9.13 Å². The van der Waals surface area contributed by atoms with Crippen LogP contribution in [0.5, 0.6) is 0 Å². The molecule has 1 nitrogen and oxygen atoms in total. The molecule has 0 amide bonds. The molecule has 0 aromatic carbocycles. The molecule has 0 bridgehead atoms. The minimum Gasteiger partial charge on any atom is -0.493 e. The van der Waals surface area contributed by atoms with E-state index in [4.69, 9.17) is 4.74 Å². The van der Waals surface area contributed by atoms with E-state index in [-0.39, 0.29) is 11.7 Å². The van der Waals surface area contributed by atoms with Crippen LogP contribution < -0.4 is 0 Å². The number of rotatable bonds is 4. The predicted molar refractivity (Wildman–Crippen MR) is 49.3 cm³/mol. The smallest absolute Gasteiger partial charge is 0.164 e. The molecule has 12 heavy (non-hydrogen) atoms. The van der Waals surface area contributed by atoms with Crippen LogP contribution in [-0.4, -0.2) is 7.11 Å². The van der Waals surface area contributed by atoms with Gasteiger partial charge >= 0.3 is 0 Å². The van der Waals surface area contributed by atoms with Gasteiger partial charge in [-0.1, -0.05) is 27.0 Å². The van der Waals surface area contributed by atoms with E-state index in [1.54, 1.807) is 0 Å². The number of hydrogen-bond donors (Lipinski definition) is 0. The monoisotopic (exact) mass is 170 g/mol. The highest BCUT2D eigenvalue weighted by Crippen LogP contribution is 2.22. The fraction of sp³-hybridized carbons (Fsp3) is 0.400. The van der Waals surface area contributed by atoms with Crippen molar-refractivity contribution in [2.45, 2.75) is 13.8 Å². The van der Waals surface area contributed by atoms with Gasteiger partial charge in [-0.3, -0.25) is 0 Å². The lowest BCUT2D eigenvalue weighted by Crippen LogP contribution is -2.00. The summed E-state index contributed by atoms with van der Waals surface area (Å²) < 4.78 is 17.8. The molecule has 0 aliphatic carbocycles. The summed E-state index contributed by atoms with van der Waals surface area (Å²) >= 11 is 0. The minimum atomic E-state index is -0.462. The quantitative estimate of drug-likeness (QED) is 0.465. The zero-order chi connectivity index (χ0) is 9.72. The Morgan fingerprint density at radius 2 is 2.00 bits per heavy atom. The van der Waals surface area contributed by atoms with Crippen LogP contribution >= 0.6 is 0 Å². The Balaban J connectivity index is 4.79. The van der Waals surface area contributed by atoms with Crippen molar-refractivity contribution in [3.8, 4) is 0 Å². The number of halogens is 1. The average molecular weight is 170 g/mol. The highest BCUT2D eigenvalue weighted by molar-refractivity contribution is 5.30. The van der Waals surface area contributed by atoms with Crippen LogP contribution in [0.3, 0.4) is 0 Å². The third-order valence-electron chi connectivity index (χ3n) is 1.59. The van der Waals surface area contributed by atoms with Gasteiger partial charge in [0.1, 0.15) is 0 Å². The first-order chi connectivity index (χ1) is 5.54. The van der Waals surface area contributed by atoms with Crippen molar-refractivity contribution in [2.24, 2.45) is 5.92 Å². The zero-order valence-corrected chi connectivity index (χ0v) is 7.86. The Morgan fingerprint density at radius 1 is 1.50 bits per heavy atom. The van der Waals surface area contributed by atoms with E-state index in [1.807, 2.05) is 13.8 Å². The highest BCUT2D eigenvalue weighted by Gasteiger charge is 2.11. The number of ether oxygens (including phenoxy) is 1. The summed E-state index contributed by atoms with van der Waals surface area (Å²) in [5.74, 6) is -0.0955. The Labute approximate surface area is 73.2 Å². The van der Waals surface area contributed by atoms with Crippen LogP contribution in [0.4, 0.5) is 4.39 Å². The molecule has 0 rings (SSSR count). The molecule has 0 radical (unpaired) electrons. The Kier molecular flexibility index (Phi) is 4.34. The van der Waals surface area contributed by atoms with Crippen molar-refractivity contribution in [1.29, 1.82) is 0 Å². The summed E-state index contributed by atoms with van der Waals surface area (Å²) in [4.78, 5) is 0. The van der Waals surface area contributed by atoms with E-state index in [9.17, 15) is 4.39 Å². The second-order valence-electron chi connectivity index (χ2n) is 2.77. The molecule has 0 fully saturated rings. The van der Waals surface area contributed by atoms with Gasteiger partial charge in [-0.05, 0) is 17.6 Å². The number of hydrogen-bond acceptors (Lipinski definition) is 1. The van der Waals surface area contributed by atoms with Gasteiger partial charge in [0.05, 0.1) is 7.11 Å². The summed E-state index contributed by atoms with van der Waals surface area (Å²) in [6.45, 7) is 10.9. The zero-order valence-electron chi connectivity index (χ0n) is 7.86. The maximum atomic E-state index is 13.0. The van der Waals surface area contributed by atoms with Crippen LogP contribution in [0.15, 0.2) is 36.4 Å². The number of allylic oxidation sites excluding steroid dienone is 3. The lowest BCUT2D eigenvalue weighted by Gasteiger charge is -2.12. The molecule has 0 N–H and O–H groups in total. The first-order valence-electron chi connectivity index (χ1n) is 3.80. The van der Waals surface area contributed by atoms with Crippen LogP contribution in [0, 0.1) is 5.92 Å². The number of methoxy groups -OCH3 is 1. The van der Waals surface area contributed by atoms with E-state index in [0.29, 0.717) is 5.57 Å². The van der Waals surface area contributed by atoms with Crippen molar-refractivity contribution in [2.75, 3.05) is 7.11 Å². The molecule has 2 heteroatoms. The summed E-state index contributed by atoms with van der Waals surface area (Å²) in [5, 5.41) is 0. The van der Waals surface area contributed by atoms with Crippen molar-refractivity contribution in [1.82, 2.24) is 0 Å². The molecule has 0 saturated carbocycles. The Morgan fingerprint density at radius 3 is 2.25 bits per heavy atom. The summed E-state index contributed by atoms with van der Waals surface area (Å²) in [6, 6.07) is 0. The van der Waals surface area contributed by atoms with E-state index < -0.39 is 5.83 Å². The highest BCUT2D eigenvalue weighted by atomic mass is 19.1. The van der Waals surface area contributed by atoms with Gasteiger partial charge in [0.15, 0.2) is 11.6 Å². The lowest BCUT2D eigenvalue weighted by molar-refractivity contribution is 0.281. The predicted octanol–water partition coefficient (Wildman–Crippen LogP) is 3.21. The second kappa shape index (κ2) is 4.75. The molecule has 0 aromatic rings. The first-order valence-corrected chi connectivity index (χ1v) is 3.80. The van der Waals surface area contributed by atoms with Crippen LogP contribution in [0.1, 0.15) is 13.8 Å². The van der Waals surface area contributed by atoms with E-state index in [1.165, 1.54) is 7.11 Å². The molecule has 68 valence electrons. The molecular formula is C10H15FO. The van der Waals surface area contributed by atoms with Gasteiger partial charge in [-0.15, -0.1) is 0 Å². The molecule has 0 atom stereocenters. The molecule has 0 spiro atoms. The van der Waals surface area contributed by atoms with Gasteiger partial charge in [0.25, 0.3) is 0 Å². The average Bonchev–Trinajstić information content (AvgIpc) is 2.05. The topological polar surface area (TPSA) is 9.23 Å². The lowest BCUT2D eigenvalue weighted by atomic mass is 10.0. The fourth-order valence-corrected chi connectivity index (χ4v) is 0.737. The standard InChI is InChI=1S/C10H15FO/c1-6-9(11)10(12-5)8(4)7(2)3/h6-7H,1,4H2,2-3,5H3/b10-9-. The summed E-state index contributed by atoms with van der Waals surface area (Å²) in [5.41, 5.74) is 0.648. The summed E-state index contributed by atoms with van der Waals surface area (Å²) in [7, 11) is 1.42. The molecule has 0 aliphatic heterocycles. The van der Waals surface area contributed by atoms with Crippen molar-refractivity contribution >= 4 is 0 Å². The third-order valence-corrected chi connectivity index (χ3v) is 1.59. The SMILES string of the molecule is C=C/C(F)=C(/OC)C(=C)C(C)C. The van der Waals surface area contributed by atoms with Crippen molar-refractivity contribution in [3.05, 3.63) is 36.4 Å². The second-order valence-corrected chi connectivity index (χ2v) is 2.77. The molecule has 0 aliphatic rings. The first kappa shape index (κ1) is 11.0. The van der Waals surface area contributed by atoms with Crippen LogP contribution in [-0.2, 0) is 4.74 Å². The molecular weight excluding hydrogens is 155 g/mol. The molecule has 0 heterocycles. The van der Waals surface area contributed by atoms with Gasteiger partial charge < -0.3 is 4.74 Å². The molecule has 0 aromatic heterocycles. The largest absolute Gasteiger partial charge is 0.493 e. The fourth-order valence-electron chi connectivity index (χ4n) is 0.737. The maximum Gasteiger partial charge on any atom is 0.164 e. The third kappa shape index (κ3) is 2.53. The normalized spacial score (nSPS) is 12.4. The Bertz CT molecular complexity index is 214. The van der Waals surface area contributed by atoms with E-state index in [2.05, 4.69) is 13.2 Å². The van der Waals surface area contributed by atoms with Gasteiger partial charge in [0, 0.05) is 0 Å². The van der Waals surface area contributed by atoms with Gasteiger partial charge in [-0.25, -0.2) is 4.39 Å². The minimum absolute atomic E-state index is 0.172. The molecule has 0 saturated heterocycles. The van der Waals surface area contributed by atoms with E-state index >= 15 is 0 Å². The van der Waals surface area contributed by atoms with Crippen LogP contribution in [0.2, 0.25) is 0 Å². The van der Waals surface area contributed by atoms with Crippen molar-refractivity contribution in [3.63, 3.8) is 0 Å². The van der Waals surface area contributed by atoms with Gasteiger partial charge in [-0.2, -0.15) is 0 Å². The van der Waals surface area contributed by atoms with Crippen LogP contribution in [0.25, 0.3) is 0 Å². The summed E-state index contributed by atoms with van der Waals surface area (Å²) in [6.07, 6.45) is 1.12. The van der Waals surface area contributed by atoms with E-state index in [0.717, 1.165) is 6.08 Å². The Hall–Kier alpha value is -1.05. The maximum absolute atomic E-state index is 13.0. The molecule has 0 unspecified atom stereocenters. The van der Waals surface area contributed by atoms with Gasteiger partial charge in [0.2, 0.25) is 0 Å².